The van der Waals surface area contributed by atoms with E-state index in [1.165, 1.54) is 166 Å². The minimum Gasteiger partial charge on any atom is -0.0654 e. The lowest BCUT2D eigenvalue weighted by atomic mass is 9.84. The van der Waals surface area contributed by atoms with E-state index in [1.54, 1.807) is 0 Å². The summed E-state index contributed by atoms with van der Waals surface area (Å²) >= 11 is 0. The van der Waals surface area contributed by atoms with Gasteiger partial charge in [-0.2, -0.15) is 0 Å². The summed E-state index contributed by atoms with van der Waals surface area (Å²) in [5.74, 6) is 0. The van der Waals surface area contributed by atoms with Crippen molar-refractivity contribution in [3.8, 4) is 22.3 Å². The summed E-state index contributed by atoms with van der Waals surface area (Å²) in [5.41, 5.74) is 17.9. The van der Waals surface area contributed by atoms with Gasteiger partial charge in [-0.25, -0.2) is 0 Å². The van der Waals surface area contributed by atoms with Crippen LogP contribution >= 0.6 is 0 Å². The average molecular weight is 941 g/mol. The Morgan fingerprint density at radius 1 is 0.301 bits per heavy atom. The molecule has 0 heterocycles. The Labute approximate surface area is 433 Å². The first-order chi connectivity index (χ1) is 36.1. The summed E-state index contributed by atoms with van der Waals surface area (Å²) in [5, 5.41) is 10.4. The van der Waals surface area contributed by atoms with Gasteiger partial charge >= 0.3 is 0 Å². The Morgan fingerprint density at radius 3 is 0.986 bits per heavy atom. The second-order valence-corrected chi connectivity index (χ2v) is 19.9. The van der Waals surface area contributed by atoms with Gasteiger partial charge in [0.1, 0.15) is 0 Å². The second-order valence-electron chi connectivity index (χ2n) is 19.9. The number of aryl methyl sites for hydroxylation is 2. The first kappa shape index (κ1) is 47.3. The van der Waals surface area contributed by atoms with Crippen molar-refractivity contribution in [3.05, 3.63) is 275 Å². The fourth-order valence-corrected chi connectivity index (χ4v) is 11.3. The van der Waals surface area contributed by atoms with Crippen molar-refractivity contribution in [1.82, 2.24) is 0 Å². The normalized spacial score (nSPS) is 11.4. The highest BCUT2D eigenvalue weighted by Gasteiger charge is 2.19. The summed E-state index contributed by atoms with van der Waals surface area (Å²) in [7, 11) is 0. The van der Waals surface area contributed by atoms with Crippen LogP contribution in [0, 0.1) is 0 Å². The molecule has 0 aromatic heterocycles. The molecule has 0 heteroatoms. The Bertz CT molecular complexity index is 3610. The lowest BCUT2D eigenvalue weighted by Crippen LogP contribution is -1.95. The highest BCUT2D eigenvalue weighted by Crippen LogP contribution is 2.45. The predicted octanol–water partition coefficient (Wildman–Crippen LogP) is 20.7. The van der Waals surface area contributed by atoms with Gasteiger partial charge < -0.3 is 0 Å². The van der Waals surface area contributed by atoms with Crippen molar-refractivity contribution in [3.63, 3.8) is 0 Å². The standard InChI is InChI=1S/C73H64/c1-3-5-7-13-35-59-45-53(49-69(56-30-18-10-19-31-56)57-32-20-11-21-33-57)47-61-41-43-63(51-71(59)61)73-66-38-24-22-36-64(66)72(65-37-23-25-39-67(65)73)62-42-40-60-46-52(44-58(70(60)50-62)34-12-6-4-2)48-68(54-26-14-8-15-27-54)55-28-16-9-17-29-55/h8-11,14-33,36-51H,3-7,12-13,34-35H2,1-2H3. The summed E-state index contributed by atoms with van der Waals surface area (Å²) in [6.07, 6.45) is 15.4. The molecule has 0 radical (unpaired) electrons. The third-order valence-electron chi connectivity index (χ3n) is 14.9. The molecule has 0 aliphatic carbocycles. The van der Waals surface area contributed by atoms with Crippen LogP contribution in [0.1, 0.15) is 103 Å². The monoisotopic (exact) mass is 941 g/mol. The van der Waals surface area contributed by atoms with E-state index >= 15 is 0 Å². The lowest BCUT2D eigenvalue weighted by molar-refractivity contribution is 0.668. The summed E-state index contributed by atoms with van der Waals surface area (Å²) in [6, 6.07) is 85.9. The number of benzene rings is 11. The summed E-state index contributed by atoms with van der Waals surface area (Å²) in [4.78, 5) is 0. The van der Waals surface area contributed by atoms with Gasteiger partial charge in [-0.05, 0) is 183 Å². The molecule has 0 spiro atoms. The predicted molar refractivity (Wildman–Crippen MR) is 318 cm³/mol. The van der Waals surface area contributed by atoms with Gasteiger partial charge in [-0.15, -0.1) is 0 Å². The van der Waals surface area contributed by atoms with Gasteiger partial charge in [0.05, 0.1) is 0 Å². The number of hydrogen-bond acceptors (Lipinski definition) is 0. The number of rotatable bonds is 17. The van der Waals surface area contributed by atoms with E-state index in [0.717, 1.165) is 12.8 Å². The van der Waals surface area contributed by atoms with Gasteiger partial charge in [-0.1, -0.05) is 252 Å². The molecule has 11 rings (SSSR count). The minimum atomic E-state index is 1.05. The van der Waals surface area contributed by atoms with Crippen LogP contribution in [0.3, 0.4) is 0 Å². The Morgan fingerprint density at radius 2 is 0.630 bits per heavy atom. The zero-order valence-electron chi connectivity index (χ0n) is 42.5. The molecule has 11 aromatic carbocycles. The summed E-state index contributed by atoms with van der Waals surface area (Å²) < 4.78 is 0. The van der Waals surface area contributed by atoms with Crippen LogP contribution in [0.2, 0.25) is 0 Å². The molecular weight excluding hydrogens is 877 g/mol. The summed E-state index contributed by atoms with van der Waals surface area (Å²) in [6.45, 7) is 4.60. The quantitative estimate of drug-likeness (QED) is 0.0485. The topological polar surface area (TPSA) is 0 Å². The van der Waals surface area contributed by atoms with Gasteiger partial charge in [0.2, 0.25) is 0 Å². The van der Waals surface area contributed by atoms with Crippen molar-refractivity contribution in [1.29, 1.82) is 0 Å². The molecule has 0 nitrogen and oxygen atoms in total. The van der Waals surface area contributed by atoms with E-state index in [1.807, 2.05) is 0 Å². The van der Waals surface area contributed by atoms with E-state index in [0.29, 0.717) is 0 Å². The Balaban J connectivity index is 1.05. The molecule has 0 atom stereocenters. The molecule has 73 heavy (non-hydrogen) atoms. The minimum absolute atomic E-state index is 1.05. The average Bonchev–Trinajstić information content (AvgIpc) is 3.45. The third kappa shape index (κ3) is 10.2. The molecule has 0 saturated heterocycles. The van der Waals surface area contributed by atoms with Crippen molar-refractivity contribution >= 4 is 66.4 Å². The molecule has 0 amide bonds. The number of fused-ring (bicyclic) bond motifs is 4. The maximum Gasteiger partial charge on any atom is -0.00262 e. The van der Waals surface area contributed by atoms with Crippen molar-refractivity contribution < 1.29 is 0 Å². The molecule has 0 fully saturated rings. The molecular formula is C73H64. The highest BCUT2D eigenvalue weighted by atomic mass is 14.2. The second kappa shape index (κ2) is 22.1. The maximum atomic E-state index is 2.51. The van der Waals surface area contributed by atoms with Crippen molar-refractivity contribution in [2.24, 2.45) is 0 Å². The molecule has 11 aromatic rings. The van der Waals surface area contributed by atoms with Crippen molar-refractivity contribution in [2.75, 3.05) is 0 Å². The highest BCUT2D eigenvalue weighted by molar-refractivity contribution is 6.22. The maximum absolute atomic E-state index is 2.51. The third-order valence-corrected chi connectivity index (χ3v) is 14.9. The molecule has 0 bridgehead atoms. The van der Waals surface area contributed by atoms with Crippen LogP contribution in [0.25, 0.3) is 88.6 Å². The smallest absolute Gasteiger partial charge is 0.00262 e. The van der Waals surface area contributed by atoms with Crippen LogP contribution in [-0.4, -0.2) is 0 Å². The van der Waals surface area contributed by atoms with E-state index in [-0.39, 0.29) is 0 Å². The zero-order valence-corrected chi connectivity index (χ0v) is 42.5. The fourth-order valence-electron chi connectivity index (χ4n) is 11.3. The van der Waals surface area contributed by atoms with Gasteiger partial charge in [0.25, 0.3) is 0 Å². The Hall–Kier alpha value is -8.06. The number of hydrogen-bond donors (Lipinski definition) is 0. The molecule has 0 aliphatic rings. The zero-order chi connectivity index (χ0) is 49.3. The first-order valence-corrected chi connectivity index (χ1v) is 26.9. The van der Waals surface area contributed by atoms with E-state index in [2.05, 4.69) is 257 Å². The largest absolute Gasteiger partial charge is 0.0654 e. The van der Waals surface area contributed by atoms with Crippen molar-refractivity contribution in [2.45, 2.75) is 71.6 Å². The fraction of sp³-hybridized carbons (Fsp3) is 0.151. The molecule has 356 valence electrons. The van der Waals surface area contributed by atoms with E-state index in [9.17, 15) is 0 Å². The van der Waals surface area contributed by atoms with Crippen LogP contribution in [0.5, 0.6) is 0 Å². The van der Waals surface area contributed by atoms with E-state index in [4.69, 9.17) is 0 Å². The van der Waals surface area contributed by atoms with Crippen LogP contribution < -0.4 is 0 Å². The molecule has 0 aliphatic heterocycles. The van der Waals surface area contributed by atoms with E-state index < -0.39 is 0 Å². The van der Waals surface area contributed by atoms with Gasteiger partial charge in [-0.3, -0.25) is 0 Å². The lowest BCUT2D eigenvalue weighted by Gasteiger charge is -2.19. The van der Waals surface area contributed by atoms with Crippen LogP contribution in [-0.2, 0) is 12.8 Å². The van der Waals surface area contributed by atoms with Crippen LogP contribution in [0.4, 0.5) is 0 Å². The SMILES string of the molecule is CCCCCCc1cc(C=C(c2ccccc2)c2ccccc2)cc2ccc(-c3c4ccccc4c(-c4ccc5cc(C=C(c6ccccc6)c6ccccc6)cc(CCCCC)c5c4)c4ccccc34)cc12. The first-order valence-electron chi connectivity index (χ1n) is 26.9. The molecule has 0 N–H and O–H groups in total. The van der Waals surface area contributed by atoms with Gasteiger partial charge in [0, 0.05) is 0 Å². The van der Waals surface area contributed by atoms with Gasteiger partial charge in [0.15, 0.2) is 0 Å². The molecule has 0 unspecified atom stereocenters. The Kier molecular flexibility index (Phi) is 14.3. The number of unbranched alkanes of at least 4 members (excludes halogenated alkanes) is 5. The molecule has 0 saturated carbocycles. The van der Waals surface area contributed by atoms with Crippen LogP contribution in [0.15, 0.2) is 231 Å².